The van der Waals surface area contributed by atoms with Crippen molar-refractivity contribution >= 4 is 27.3 Å². The maximum atomic E-state index is 12.1. The summed E-state index contributed by atoms with van der Waals surface area (Å²) in [4.78, 5) is 0.469. The van der Waals surface area contributed by atoms with Crippen LogP contribution in [0.15, 0.2) is 9.85 Å². The molecule has 0 amide bonds. The van der Waals surface area contributed by atoms with Crippen molar-refractivity contribution in [1.82, 2.24) is 0 Å². The molecular weight excluding hydrogens is 269 g/mol. The summed E-state index contributed by atoms with van der Waals surface area (Å²) >= 11 is 4.23. The summed E-state index contributed by atoms with van der Waals surface area (Å²) in [6.45, 7) is 1.54. The normalized spacial score (nSPS) is 14.6. The van der Waals surface area contributed by atoms with Crippen LogP contribution in [0.1, 0.15) is 16.5 Å². The predicted octanol–water partition coefficient (Wildman–Crippen LogP) is 3.41. The summed E-state index contributed by atoms with van der Waals surface area (Å²) in [7, 11) is 0. The molecule has 1 N–H and O–H groups in total. The van der Waals surface area contributed by atoms with E-state index in [0.29, 0.717) is 8.66 Å². The summed E-state index contributed by atoms with van der Waals surface area (Å²) < 4.78 is 36.8. The summed E-state index contributed by atoms with van der Waals surface area (Å²) in [6, 6.07) is 1.29. The van der Waals surface area contributed by atoms with Gasteiger partial charge in [-0.3, -0.25) is 0 Å². The molecular formula is C7H6BrF3OS. The number of aliphatic hydroxyl groups is 1. The van der Waals surface area contributed by atoms with Crippen LogP contribution in [0.3, 0.4) is 0 Å². The Morgan fingerprint density at radius 3 is 2.38 bits per heavy atom. The van der Waals surface area contributed by atoms with Crippen molar-refractivity contribution in [2.45, 2.75) is 19.2 Å². The van der Waals surface area contributed by atoms with Crippen LogP contribution in [-0.4, -0.2) is 11.3 Å². The van der Waals surface area contributed by atoms with E-state index in [9.17, 15) is 13.2 Å². The van der Waals surface area contributed by atoms with Gasteiger partial charge in [0.2, 0.25) is 0 Å². The van der Waals surface area contributed by atoms with E-state index in [1.807, 2.05) is 0 Å². The van der Waals surface area contributed by atoms with Crippen molar-refractivity contribution in [1.29, 1.82) is 0 Å². The molecule has 0 bridgehead atoms. The summed E-state index contributed by atoms with van der Waals surface area (Å²) in [5.74, 6) is 0. The number of thiophene rings is 1. The van der Waals surface area contributed by atoms with Crippen molar-refractivity contribution < 1.29 is 18.3 Å². The zero-order chi connectivity index (χ0) is 10.2. The summed E-state index contributed by atoms with van der Waals surface area (Å²) in [6.07, 6.45) is -6.97. The molecule has 0 fully saturated rings. The molecule has 0 aliphatic heterocycles. The molecule has 0 aliphatic carbocycles. The van der Waals surface area contributed by atoms with E-state index in [1.165, 1.54) is 17.4 Å². The van der Waals surface area contributed by atoms with E-state index in [1.54, 1.807) is 6.92 Å². The van der Waals surface area contributed by atoms with E-state index in [0.717, 1.165) is 0 Å². The monoisotopic (exact) mass is 274 g/mol. The Morgan fingerprint density at radius 1 is 1.54 bits per heavy atom. The fraction of sp³-hybridized carbons (Fsp3) is 0.429. The molecule has 0 saturated heterocycles. The van der Waals surface area contributed by atoms with Crippen LogP contribution >= 0.6 is 27.3 Å². The van der Waals surface area contributed by atoms with E-state index in [4.69, 9.17) is 5.11 Å². The minimum Gasteiger partial charge on any atom is -0.379 e. The minimum atomic E-state index is -4.59. The van der Waals surface area contributed by atoms with Crippen LogP contribution < -0.4 is 0 Å². The number of aliphatic hydroxyl groups excluding tert-OH is 1. The lowest BCUT2D eigenvalue weighted by atomic mass is 10.1. The van der Waals surface area contributed by atoms with Gasteiger partial charge in [0.05, 0.1) is 3.79 Å². The van der Waals surface area contributed by atoms with Crippen molar-refractivity contribution in [2.24, 2.45) is 0 Å². The molecule has 1 unspecified atom stereocenters. The molecule has 0 radical (unpaired) electrons. The second-order valence-corrected chi connectivity index (χ2v) is 5.14. The second kappa shape index (κ2) is 3.59. The van der Waals surface area contributed by atoms with Gasteiger partial charge in [-0.15, -0.1) is 11.3 Å². The number of hydrogen-bond donors (Lipinski definition) is 1. The zero-order valence-electron chi connectivity index (χ0n) is 6.52. The van der Waals surface area contributed by atoms with E-state index in [2.05, 4.69) is 15.9 Å². The van der Waals surface area contributed by atoms with Crippen molar-refractivity contribution in [3.8, 4) is 0 Å². The number of rotatable bonds is 1. The Hall–Kier alpha value is -0.0700. The molecule has 1 aromatic heterocycles. The van der Waals surface area contributed by atoms with E-state index in [-0.39, 0.29) is 5.56 Å². The van der Waals surface area contributed by atoms with Gasteiger partial charge in [-0.25, -0.2) is 0 Å². The third-order valence-electron chi connectivity index (χ3n) is 1.53. The number of halogens is 4. The predicted molar refractivity (Wildman–Crippen MR) is 47.8 cm³/mol. The second-order valence-electron chi connectivity index (χ2n) is 2.51. The maximum Gasteiger partial charge on any atom is 0.418 e. The molecule has 1 heterocycles. The molecule has 1 atom stereocenters. The van der Waals surface area contributed by atoms with E-state index < -0.39 is 12.3 Å². The van der Waals surface area contributed by atoms with Crippen molar-refractivity contribution in [2.75, 3.05) is 0 Å². The molecule has 0 spiro atoms. The number of aryl methyl sites for hydroxylation is 1. The van der Waals surface area contributed by atoms with Crippen LogP contribution in [0.5, 0.6) is 0 Å². The lowest BCUT2D eigenvalue weighted by Gasteiger charge is -2.13. The molecule has 0 saturated carbocycles. The maximum absolute atomic E-state index is 12.1. The molecule has 1 nitrogen and oxygen atoms in total. The van der Waals surface area contributed by atoms with Gasteiger partial charge < -0.3 is 5.11 Å². The fourth-order valence-electron chi connectivity index (χ4n) is 0.906. The van der Waals surface area contributed by atoms with E-state index >= 15 is 0 Å². The molecule has 1 aromatic rings. The molecule has 74 valence electrons. The largest absolute Gasteiger partial charge is 0.418 e. The highest BCUT2D eigenvalue weighted by atomic mass is 79.9. The lowest BCUT2D eigenvalue weighted by molar-refractivity contribution is -0.206. The minimum absolute atomic E-state index is 0.0793. The Balaban J connectivity index is 3.01. The first-order chi connectivity index (χ1) is 5.82. The molecule has 0 aliphatic rings. The molecule has 6 heteroatoms. The smallest absolute Gasteiger partial charge is 0.379 e. The zero-order valence-corrected chi connectivity index (χ0v) is 8.92. The topological polar surface area (TPSA) is 20.2 Å². The third kappa shape index (κ3) is 2.45. The quantitative estimate of drug-likeness (QED) is 0.832. The van der Waals surface area contributed by atoms with Crippen LogP contribution in [0.4, 0.5) is 13.2 Å². The Morgan fingerprint density at radius 2 is 2.08 bits per heavy atom. The van der Waals surface area contributed by atoms with Crippen LogP contribution in [0.25, 0.3) is 0 Å². The van der Waals surface area contributed by atoms with Gasteiger partial charge >= 0.3 is 6.18 Å². The number of alkyl halides is 3. The van der Waals surface area contributed by atoms with Gasteiger partial charge in [-0.05, 0) is 28.9 Å². The van der Waals surface area contributed by atoms with Gasteiger partial charge in [-0.1, -0.05) is 0 Å². The fourth-order valence-corrected chi connectivity index (χ4v) is 2.65. The van der Waals surface area contributed by atoms with Crippen molar-refractivity contribution in [3.63, 3.8) is 0 Å². The summed E-state index contributed by atoms with van der Waals surface area (Å²) in [5.41, 5.74) is -0.0793. The average molecular weight is 275 g/mol. The van der Waals surface area contributed by atoms with Crippen LogP contribution in [0, 0.1) is 6.92 Å². The van der Waals surface area contributed by atoms with Crippen molar-refractivity contribution in [3.05, 3.63) is 20.3 Å². The van der Waals surface area contributed by atoms with Gasteiger partial charge in [0.15, 0.2) is 6.10 Å². The highest BCUT2D eigenvalue weighted by molar-refractivity contribution is 9.11. The standard InChI is InChI=1S/C7H6BrF3OS/c1-3-4(2-5(8)13-3)6(12)7(9,10)11/h2,6,12H,1H3. The van der Waals surface area contributed by atoms with Crippen LogP contribution in [0.2, 0.25) is 0 Å². The Bertz CT molecular complexity index is 307. The summed E-state index contributed by atoms with van der Waals surface area (Å²) in [5, 5.41) is 8.91. The van der Waals surface area contributed by atoms with Gasteiger partial charge in [0.1, 0.15) is 0 Å². The third-order valence-corrected chi connectivity index (χ3v) is 3.10. The molecule has 13 heavy (non-hydrogen) atoms. The SMILES string of the molecule is Cc1sc(Br)cc1C(O)C(F)(F)F. The number of hydrogen-bond acceptors (Lipinski definition) is 2. The highest BCUT2D eigenvalue weighted by Crippen LogP contribution is 2.38. The first kappa shape index (κ1) is 11.0. The lowest BCUT2D eigenvalue weighted by Crippen LogP contribution is -2.20. The van der Waals surface area contributed by atoms with Gasteiger partial charge in [0, 0.05) is 10.4 Å². The van der Waals surface area contributed by atoms with Gasteiger partial charge in [-0.2, -0.15) is 13.2 Å². The van der Waals surface area contributed by atoms with Gasteiger partial charge in [0.25, 0.3) is 0 Å². The highest BCUT2D eigenvalue weighted by Gasteiger charge is 2.40. The van der Waals surface area contributed by atoms with Crippen LogP contribution in [-0.2, 0) is 0 Å². The Labute approximate surface area is 85.3 Å². The Kier molecular flexibility index (Phi) is 3.04. The molecule has 0 aromatic carbocycles. The first-order valence-corrected chi connectivity index (χ1v) is 4.94. The average Bonchev–Trinajstić information content (AvgIpc) is 2.26. The first-order valence-electron chi connectivity index (χ1n) is 3.33. The molecule has 1 rings (SSSR count).